The molecule has 0 fully saturated rings. The summed E-state index contributed by atoms with van der Waals surface area (Å²) in [5.74, 6) is 0.405. The van der Waals surface area contributed by atoms with Crippen LogP contribution in [0.5, 0.6) is 5.75 Å². The molecular weight excluding hydrogens is 318 g/mol. The molecule has 1 aromatic carbocycles. The second-order valence-corrected chi connectivity index (χ2v) is 6.45. The van der Waals surface area contributed by atoms with Gasteiger partial charge in [0.15, 0.2) is 6.10 Å². The maximum atomic E-state index is 12.4. The summed E-state index contributed by atoms with van der Waals surface area (Å²) >= 11 is 0. The molecule has 2 rings (SSSR count). The second-order valence-electron chi connectivity index (χ2n) is 6.45. The minimum absolute atomic E-state index is 0.0241. The number of hydrogen-bond donors (Lipinski definition) is 2. The Balaban J connectivity index is 1.93. The van der Waals surface area contributed by atoms with Crippen LogP contribution in [-0.4, -0.2) is 32.9 Å². The normalized spacial score (nSPS) is 13.4. The zero-order chi connectivity index (χ0) is 18.6. The van der Waals surface area contributed by atoms with Crippen LogP contribution in [0.3, 0.4) is 0 Å². The molecule has 25 heavy (non-hydrogen) atoms. The number of benzene rings is 1. The van der Waals surface area contributed by atoms with Crippen LogP contribution in [0.4, 0.5) is 0 Å². The zero-order valence-corrected chi connectivity index (χ0v) is 15.5. The van der Waals surface area contributed by atoms with Gasteiger partial charge in [0.25, 0.3) is 5.91 Å². The number of ether oxygens (including phenoxy) is 1. The van der Waals surface area contributed by atoms with E-state index in [0.717, 1.165) is 23.4 Å². The number of nitrogens with one attached hydrogen (secondary N) is 1. The van der Waals surface area contributed by atoms with Gasteiger partial charge < -0.3 is 15.2 Å². The first kappa shape index (κ1) is 19.0. The fraction of sp³-hybridized carbons (Fsp3) is 0.474. The van der Waals surface area contributed by atoms with Gasteiger partial charge in [-0.25, -0.2) is 0 Å². The predicted molar refractivity (Wildman–Crippen MR) is 96.4 cm³/mol. The van der Waals surface area contributed by atoms with Crippen LogP contribution < -0.4 is 10.1 Å². The third-order valence-electron chi connectivity index (χ3n) is 4.32. The Hall–Kier alpha value is -2.34. The van der Waals surface area contributed by atoms with E-state index < -0.39 is 6.10 Å². The number of hydrogen-bond acceptors (Lipinski definition) is 4. The first-order valence-electron chi connectivity index (χ1n) is 8.47. The number of aryl methyl sites for hydroxylation is 2. The molecule has 2 N–H and O–H groups in total. The highest BCUT2D eigenvalue weighted by atomic mass is 16.5. The summed E-state index contributed by atoms with van der Waals surface area (Å²) in [6.07, 6.45) is 0.108. The minimum Gasteiger partial charge on any atom is -0.481 e. The third-order valence-corrected chi connectivity index (χ3v) is 4.32. The van der Waals surface area contributed by atoms with E-state index in [9.17, 15) is 4.79 Å². The molecule has 0 bridgehead atoms. The highest BCUT2D eigenvalue weighted by molar-refractivity contribution is 5.81. The van der Waals surface area contributed by atoms with Gasteiger partial charge in [-0.05, 0) is 57.4 Å². The average molecular weight is 345 g/mol. The van der Waals surface area contributed by atoms with Crippen molar-refractivity contribution in [1.29, 1.82) is 0 Å². The van der Waals surface area contributed by atoms with Crippen LogP contribution in [0, 0.1) is 13.8 Å². The monoisotopic (exact) mass is 345 g/mol. The fourth-order valence-electron chi connectivity index (χ4n) is 2.81. The topological polar surface area (TPSA) is 76.4 Å². The minimum atomic E-state index is -0.618. The lowest BCUT2D eigenvalue weighted by atomic mass is 10.1. The molecular formula is C19H27N3O3. The number of amides is 1. The predicted octanol–water partition coefficient (Wildman–Crippen LogP) is 2.04. The van der Waals surface area contributed by atoms with Crippen molar-refractivity contribution in [3.05, 3.63) is 46.8 Å². The molecule has 0 radical (unpaired) electrons. The number of aromatic nitrogens is 2. The molecule has 0 aliphatic heterocycles. The largest absolute Gasteiger partial charge is 0.481 e. The molecule has 1 heterocycles. The van der Waals surface area contributed by atoms with E-state index in [1.54, 1.807) is 31.2 Å². The molecule has 0 aliphatic carbocycles. The lowest BCUT2D eigenvalue weighted by Gasteiger charge is -2.19. The van der Waals surface area contributed by atoms with Crippen molar-refractivity contribution < 1.29 is 14.6 Å². The Morgan fingerprint density at radius 3 is 2.68 bits per heavy atom. The number of nitrogens with zero attached hydrogens (tertiary/aromatic N) is 2. The van der Waals surface area contributed by atoms with Crippen molar-refractivity contribution in [3.8, 4) is 5.75 Å². The van der Waals surface area contributed by atoms with Crippen molar-refractivity contribution in [2.24, 2.45) is 7.05 Å². The van der Waals surface area contributed by atoms with E-state index in [1.165, 1.54) is 5.56 Å². The third kappa shape index (κ3) is 4.82. The number of aliphatic hydroxyl groups excluding tert-OH is 1. The molecule has 1 amide bonds. The second kappa shape index (κ2) is 8.16. The van der Waals surface area contributed by atoms with Gasteiger partial charge >= 0.3 is 0 Å². The number of carbonyl (C=O) groups is 1. The van der Waals surface area contributed by atoms with Crippen molar-refractivity contribution in [2.75, 3.05) is 0 Å². The fourth-order valence-corrected chi connectivity index (χ4v) is 2.81. The molecule has 6 nitrogen and oxygen atoms in total. The molecule has 2 atom stereocenters. The van der Waals surface area contributed by atoms with Crippen molar-refractivity contribution in [1.82, 2.24) is 15.1 Å². The SMILES string of the molecule is Cc1nn(C)c(C)c1CC(C)NC(=O)C(C)Oc1cccc(CO)c1. The summed E-state index contributed by atoms with van der Waals surface area (Å²) in [5.41, 5.74) is 4.02. The van der Waals surface area contributed by atoms with Gasteiger partial charge in [-0.1, -0.05) is 12.1 Å². The van der Waals surface area contributed by atoms with Gasteiger partial charge in [0, 0.05) is 18.8 Å². The summed E-state index contributed by atoms with van der Waals surface area (Å²) in [4.78, 5) is 12.4. The Morgan fingerprint density at radius 2 is 2.08 bits per heavy atom. The Bertz CT molecular complexity index is 740. The Morgan fingerprint density at radius 1 is 1.36 bits per heavy atom. The maximum absolute atomic E-state index is 12.4. The summed E-state index contributed by atoms with van der Waals surface area (Å²) in [6.45, 7) is 7.65. The molecule has 2 aromatic rings. The van der Waals surface area contributed by atoms with Crippen molar-refractivity contribution in [2.45, 2.75) is 52.9 Å². The van der Waals surface area contributed by atoms with Gasteiger partial charge in [0.1, 0.15) is 5.75 Å². The highest BCUT2D eigenvalue weighted by Gasteiger charge is 2.19. The van der Waals surface area contributed by atoms with Gasteiger partial charge in [-0.2, -0.15) is 5.10 Å². The lowest BCUT2D eigenvalue weighted by Crippen LogP contribution is -2.42. The van der Waals surface area contributed by atoms with Gasteiger partial charge in [-0.15, -0.1) is 0 Å². The molecule has 0 saturated carbocycles. The van der Waals surface area contributed by atoms with E-state index in [4.69, 9.17) is 9.84 Å². The summed E-state index contributed by atoms with van der Waals surface area (Å²) in [6, 6.07) is 7.08. The molecule has 0 aliphatic rings. The zero-order valence-electron chi connectivity index (χ0n) is 15.5. The highest BCUT2D eigenvalue weighted by Crippen LogP contribution is 2.16. The molecule has 6 heteroatoms. The van der Waals surface area contributed by atoms with Crippen LogP contribution in [0.1, 0.15) is 36.4 Å². The van der Waals surface area contributed by atoms with E-state index in [-0.39, 0.29) is 18.6 Å². The standard InChI is InChI=1S/C19H27N3O3/c1-12(9-18-13(2)21-22(5)14(18)3)20-19(24)15(4)25-17-8-6-7-16(10-17)11-23/h6-8,10,12,15,23H,9,11H2,1-5H3,(H,20,24). The van der Waals surface area contributed by atoms with Crippen LogP contribution >= 0.6 is 0 Å². The first-order valence-corrected chi connectivity index (χ1v) is 8.47. The Labute approximate surface area is 148 Å². The average Bonchev–Trinajstić information content (AvgIpc) is 2.81. The van der Waals surface area contributed by atoms with E-state index >= 15 is 0 Å². The summed E-state index contributed by atoms with van der Waals surface area (Å²) in [7, 11) is 1.92. The molecule has 2 unspecified atom stereocenters. The van der Waals surface area contributed by atoms with Crippen LogP contribution in [0.2, 0.25) is 0 Å². The van der Waals surface area contributed by atoms with Crippen molar-refractivity contribution >= 4 is 5.91 Å². The summed E-state index contributed by atoms with van der Waals surface area (Å²) < 4.78 is 7.54. The molecule has 0 saturated heterocycles. The molecule has 0 spiro atoms. The smallest absolute Gasteiger partial charge is 0.260 e. The van der Waals surface area contributed by atoms with Crippen LogP contribution in [0.25, 0.3) is 0 Å². The quantitative estimate of drug-likeness (QED) is 0.805. The van der Waals surface area contributed by atoms with Crippen LogP contribution in [0.15, 0.2) is 24.3 Å². The van der Waals surface area contributed by atoms with Crippen LogP contribution in [-0.2, 0) is 24.9 Å². The Kier molecular flexibility index (Phi) is 6.20. The lowest BCUT2D eigenvalue weighted by molar-refractivity contribution is -0.127. The first-order chi connectivity index (χ1) is 11.8. The van der Waals surface area contributed by atoms with Gasteiger partial charge in [0.05, 0.1) is 12.3 Å². The van der Waals surface area contributed by atoms with E-state index in [1.807, 2.05) is 32.5 Å². The van der Waals surface area contributed by atoms with E-state index in [0.29, 0.717) is 5.75 Å². The number of rotatable bonds is 7. The summed E-state index contributed by atoms with van der Waals surface area (Å²) in [5, 5.41) is 16.6. The molecule has 136 valence electrons. The molecule has 1 aromatic heterocycles. The van der Waals surface area contributed by atoms with Gasteiger partial charge in [-0.3, -0.25) is 9.48 Å². The van der Waals surface area contributed by atoms with Gasteiger partial charge in [0.2, 0.25) is 0 Å². The maximum Gasteiger partial charge on any atom is 0.260 e. The number of aliphatic hydroxyl groups is 1. The van der Waals surface area contributed by atoms with Crippen molar-refractivity contribution in [3.63, 3.8) is 0 Å². The number of carbonyl (C=O) groups excluding carboxylic acids is 1. The van der Waals surface area contributed by atoms with E-state index in [2.05, 4.69) is 10.4 Å².